The number of benzene rings is 1. The van der Waals surface area contributed by atoms with Crippen molar-refractivity contribution >= 4 is 5.96 Å². The maximum atomic E-state index is 5.34. The Labute approximate surface area is 155 Å². The van der Waals surface area contributed by atoms with Crippen LogP contribution in [0.25, 0.3) is 0 Å². The molecular weight excluding hydrogens is 330 g/mol. The molecule has 0 unspecified atom stereocenters. The number of ether oxygens (including phenoxy) is 2. The van der Waals surface area contributed by atoms with Gasteiger partial charge in [-0.15, -0.1) is 0 Å². The Kier molecular flexibility index (Phi) is 7.79. The molecule has 0 aliphatic rings. The molecule has 0 saturated heterocycles. The lowest BCUT2D eigenvalue weighted by Gasteiger charge is -2.12. The van der Waals surface area contributed by atoms with Crippen molar-refractivity contribution in [3.05, 3.63) is 41.7 Å². The number of nitrogens with zero attached hydrogens (tertiary/aromatic N) is 3. The summed E-state index contributed by atoms with van der Waals surface area (Å²) >= 11 is 0. The van der Waals surface area contributed by atoms with Gasteiger partial charge in [0.05, 0.1) is 27.0 Å². The van der Waals surface area contributed by atoms with Gasteiger partial charge in [-0.05, 0) is 43.5 Å². The molecule has 0 aliphatic carbocycles. The Balaban J connectivity index is 1.87. The van der Waals surface area contributed by atoms with Gasteiger partial charge < -0.3 is 20.1 Å². The normalized spacial score (nSPS) is 11.3. The third kappa shape index (κ3) is 5.98. The van der Waals surface area contributed by atoms with Crippen LogP contribution in [0.5, 0.6) is 11.5 Å². The van der Waals surface area contributed by atoms with Gasteiger partial charge in [-0.25, -0.2) is 4.99 Å². The maximum absolute atomic E-state index is 5.34. The summed E-state index contributed by atoms with van der Waals surface area (Å²) in [6.45, 7) is 7.20. The van der Waals surface area contributed by atoms with Gasteiger partial charge in [-0.2, -0.15) is 5.10 Å². The first kappa shape index (κ1) is 19.6. The monoisotopic (exact) mass is 359 g/mol. The third-order valence-corrected chi connectivity index (χ3v) is 3.83. The highest BCUT2D eigenvalue weighted by molar-refractivity contribution is 5.79. The molecule has 2 N–H and O–H groups in total. The minimum atomic E-state index is 0.564. The summed E-state index contributed by atoms with van der Waals surface area (Å²) in [5, 5.41) is 10.9. The van der Waals surface area contributed by atoms with E-state index >= 15 is 0 Å². The van der Waals surface area contributed by atoms with E-state index in [0.717, 1.165) is 43.3 Å². The molecule has 1 heterocycles. The first-order valence-corrected chi connectivity index (χ1v) is 8.88. The lowest BCUT2D eigenvalue weighted by molar-refractivity contribution is 0.354. The second kappa shape index (κ2) is 10.3. The van der Waals surface area contributed by atoms with E-state index in [1.165, 1.54) is 5.56 Å². The molecule has 0 saturated carbocycles. The summed E-state index contributed by atoms with van der Waals surface area (Å²) in [6, 6.07) is 5.84. The SMILES string of the molecule is CCNC(=NCc1ccc(OC)c(OC)c1)NCCCn1cc(C)cn1. The van der Waals surface area contributed by atoms with E-state index in [0.29, 0.717) is 12.3 Å². The van der Waals surface area contributed by atoms with Crippen molar-refractivity contribution in [2.75, 3.05) is 27.3 Å². The summed E-state index contributed by atoms with van der Waals surface area (Å²) in [5.41, 5.74) is 2.25. The van der Waals surface area contributed by atoms with Crippen LogP contribution < -0.4 is 20.1 Å². The standard InChI is InChI=1S/C19H29N5O2/c1-5-20-19(21-9-6-10-24-14-15(2)12-23-24)22-13-16-7-8-17(25-3)18(11-16)26-4/h7-8,11-12,14H,5-6,9-10,13H2,1-4H3,(H2,20,21,22). The molecule has 7 heteroatoms. The van der Waals surface area contributed by atoms with Gasteiger partial charge in [0.25, 0.3) is 0 Å². The molecular formula is C19H29N5O2. The van der Waals surface area contributed by atoms with Crippen LogP contribution in [0.3, 0.4) is 0 Å². The summed E-state index contributed by atoms with van der Waals surface area (Å²) < 4.78 is 12.6. The fraction of sp³-hybridized carbons (Fsp3) is 0.474. The highest BCUT2D eigenvalue weighted by Gasteiger charge is 2.05. The van der Waals surface area contributed by atoms with Gasteiger partial charge in [-0.1, -0.05) is 6.07 Å². The molecule has 0 radical (unpaired) electrons. The van der Waals surface area contributed by atoms with Crippen LogP contribution in [0.1, 0.15) is 24.5 Å². The molecule has 2 aromatic rings. The van der Waals surface area contributed by atoms with Crippen LogP contribution in [0.15, 0.2) is 35.6 Å². The number of rotatable bonds is 9. The molecule has 2 rings (SSSR count). The van der Waals surface area contributed by atoms with E-state index in [9.17, 15) is 0 Å². The Morgan fingerprint density at radius 2 is 2.00 bits per heavy atom. The van der Waals surface area contributed by atoms with E-state index in [1.54, 1.807) is 14.2 Å². The lowest BCUT2D eigenvalue weighted by Crippen LogP contribution is -2.38. The smallest absolute Gasteiger partial charge is 0.191 e. The molecule has 1 aromatic heterocycles. The van der Waals surface area contributed by atoms with Crippen molar-refractivity contribution in [2.24, 2.45) is 4.99 Å². The summed E-state index contributed by atoms with van der Waals surface area (Å²) in [4.78, 5) is 4.64. The van der Waals surface area contributed by atoms with Gasteiger partial charge in [0.2, 0.25) is 0 Å². The highest BCUT2D eigenvalue weighted by atomic mass is 16.5. The molecule has 1 aromatic carbocycles. The van der Waals surface area contributed by atoms with Gasteiger partial charge in [0, 0.05) is 25.8 Å². The van der Waals surface area contributed by atoms with E-state index in [2.05, 4.69) is 33.8 Å². The van der Waals surface area contributed by atoms with Crippen LogP contribution in [0, 0.1) is 6.92 Å². The summed E-state index contributed by atoms with van der Waals surface area (Å²) in [6.07, 6.45) is 4.90. The second-order valence-electron chi connectivity index (χ2n) is 5.95. The maximum Gasteiger partial charge on any atom is 0.191 e. The Morgan fingerprint density at radius 3 is 2.65 bits per heavy atom. The molecule has 0 aliphatic heterocycles. The van der Waals surface area contributed by atoms with Crippen LogP contribution in [-0.4, -0.2) is 43.0 Å². The zero-order valence-electron chi connectivity index (χ0n) is 16.1. The van der Waals surface area contributed by atoms with E-state index in [1.807, 2.05) is 36.0 Å². The van der Waals surface area contributed by atoms with Crippen molar-refractivity contribution in [3.63, 3.8) is 0 Å². The predicted molar refractivity (Wildman–Crippen MR) is 104 cm³/mol. The molecule has 142 valence electrons. The van der Waals surface area contributed by atoms with Crippen molar-refractivity contribution in [2.45, 2.75) is 33.4 Å². The van der Waals surface area contributed by atoms with Crippen molar-refractivity contribution in [1.82, 2.24) is 20.4 Å². The van der Waals surface area contributed by atoms with Crippen LogP contribution >= 0.6 is 0 Å². The molecule has 7 nitrogen and oxygen atoms in total. The van der Waals surface area contributed by atoms with Gasteiger partial charge in [-0.3, -0.25) is 4.68 Å². The van der Waals surface area contributed by atoms with Gasteiger partial charge in [0.1, 0.15) is 0 Å². The number of methoxy groups -OCH3 is 2. The Hall–Kier alpha value is -2.70. The molecule has 0 atom stereocenters. The number of guanidine groups is 1. The number of aromatic nitrogens is 2. The highest BCUT2D eigenvalue weighted by Crippen LogP contribution is 2.27. The fourth-order valence-electron chi connectivity index (χ4n) is 2.53. The quantitative estimate of drug-likeness (QED) is 0.408. The predicted octanol–water partition coefficient (Wildman–Crippen LogP) is 2.35. The van der Waals surface area contributed by atoms with Crippen LogP contribution in [-0.2, 0) is 13.1 Å². The van der Waals surface area contributed by atoms with Gasteiger partial charge in [0.15, 0.2) is 17.5 Å². The molecule has 0 fully saturated rings. The van der Waals surface area contributed by atoms with E-state index in [4.69, 9.17) is 9.47 Å². The van der Waals surface area contributed by atoms with Crippen molar-refractivity contribution in [1.29, 1.82) is 0 Å². The largest absolute Gasteiger partial charge is 0.493 e. The van der Waals surface area contributed by atoms with Crippen molar-refractivity contribution < 1.29 is 9.47 Å². The Morgan fingerprint density at radius 1 is 1.19 bits per heavy atom. The third-order valence-electron chi connectivity index (χ3n) is 3.83. The Bertz CT molecular complexity index is 712. The number of aryl methyl sites for hydroxylation is 2. The minimum absolute atomic E-state index is 0.564. The molecule has 0 amide bonds. The second-order valence-corrected chi connectivity index (χ2v) is 5.95. The molecule has 26 heavy (non-hydrogen) atoms. The van der Waals surface area contributed by atoms with Crippen LogP contribution in [0.2, 0.25) is 0 Å². The molecule has 0 bridgehead atoms. The minimum Gasteiger partial charge on any atom is -0.493 e. The van der Waals surface area contributed by atoms with Crippen LogP contribution in [0.4, 0.5) is 0 Å². The zero-order chi connectivity index (χ0) is 18.8. The average molecular weight is 359 g/mol. The number of hydrogen-bond donors (Lipinski definition) is 2. The summed E-state index contributed by atoms with van der Waals surface area (Å²) in [5.74, 6) is 2.24. The van der Waals surface area contributed by atoms with E-state index < -0.39 is 0 Å². The number of hydrogen-bond acceptors (Lipinski definition) is 4. The van der Waals surface area contributed by atoms with E-state index in [-0.39, 0.29) is 0 Å². The number of nitrogens with one attached hydrogen (secondary N) is 2. The topological polar surface area (TPSA) is 72.7 Å². The first-order valence-electron chi connectivity index (χ1n) is 8.88. The summed E-state index contributed by atoms with van der Waals surface area (Å²) in [7, 11) is 3.27. The zero-order valence-corrected chi connectivity index (χ0v) is 16.1. The lowest BCUT2D eigenvalue weighted by atomic mass is 10.2. The van der Waals surface area contributed by atoms with Crippen molar-refractivity contribution in [3.8, 4) is 11.5 Å². The first-order chi connectivity index (χ1) is 12.7. The fourth-order valence-corrected chi connectivity index (χ4v) is 2.53. The number of aliphatic imine (C=N–C) groups is 1. The van der Waals surface area contributed by atoms with Gasteiger partial charge >= 0.3 is 0 Å². The average Bonchev–Trinajstić information content (AvgIpc) is 3.07. The molecule has 0 spiro atoms.